The Hall–Kier alpha value is -6.33. The lowest BCUT2D eigenvalue weighted by molar-refractivity contribution is -0.385. The molecule has 3 N–H and O–H groups in total. The van der Waals surface area contributed by atoms with Crippen molar-refractivity contribution in [3.63, 3.8) is 0 Å². The molecule has 0 aliphatic heterocycles. The van der Waals surface area contributed by atoms with Crippen molar-refractivity contribution in [1.29, 1.82) is 0 Å². The lowest BCUT2D eigenvalue weighted by atomic mass is 9.82. The van der Waals surface area contributed by atoms with Gasteiger partial charge in [-0.15, -0.1) is 0 Å². The van der Waals surface area contributed by atoms with E-state index in [0.29, 0.717) is 38.9 Å². The number of nitro groups is 3. The fourth-order valence-electron chi connectivity index (χ4n) is 5.32. The maximum atomic E-state index is 12.7. The molecule has 0 atom stereocenters. The maximum absolute atomic E-state index is 12.7. The number of nitrogens with one attached hydrogen (secondary N) is 3. The second-order valence-electron chi connectivity index (χ2n) is 12.3. The van der Waals surface area contributed by atoms with Gasteiger partial charge >= 0.3 is 0 Å². The van der Waals surface area contributed by atoms with Crippen LogP contribution in [0, 0.1) is 30.3 Å². The third-order valence-electron chi connectivity index (χ3n) is 8.18. The molecule has 0 saturated heterocycles. The minimum Gasteiger partial charge on any atom is -0.483 e. The van der Waals surface area contributed by atoms with E-state index < -0.39 is 75.3 Å². The largest absolute Gasteiger partial charge is 0.483 e. The number of amides is 3. The molecule has 3 rings (SSSR count). The van der Waals surface area contributed by atoms with Crippen molar-refractivity contribution in [2.24, 2.45) is 0 Å². The molecule has 3 amide bonds. The summed E-state index contributed by atoms with van der Waals surface area (Å²) in [4.78, 5) is 72.5. The highest BCUT2D eigenvalue weighted by atomic mass is 16.6. The summed E-state index contributed by atoms with van der Waals surface area (Å²) in [5.74, 6) is -3.24. The first-order chi connectivity index (χ1) is 26.4. The van der Waals surface area contributed by atoms with Crippen molar-refractivity contribution in [3.8, 4) is 17.2 Å². The van der Waals surface area contributed by atoms with Gasteiger partial charge in [0.05, 0.1) is 14.8 Å². The topological polar surface area (TPSA) is 244 Å². The van der Waals surface area contributed by atoms with E-state index >= 15 is 0 Å². The molecule has 18 heteroatoms. The van der Waals surface area contributed by atoms with Crippen molar-refractivity contribution in [2.75, 3.05) is 39.5 Å². The first kappa shape index (κ1) is 43.1. The monoisotopic (exact) mass is 766 g/mol. The Labute approximate surface area is 317 Å². The quantitative estimate of drug-likeness (QED) is 0.0444. The molecule has 0 aliphatic rings. The number of carbonyl (C=O) groups is 3. The smallest absolute Gasteiger partial charge is 0.270 e. The van der Waals surface area contributed by atoms with Crippen LogP contribution in [0.1, 0.15) is 81.9 Å². The summed E-state index contributed by atoms with van der Waals surface area (Å²) in [6, 6.07) is 10.4. The summed E-state index contributed by atoms with van der Waals surface area (Å²) in [5.41, 5.74) is -1.55. The number of nitrogens with zero attached hydrogens (tertiary/aromatic N) is 3. The van der Waals surface area contributed by atoms with Crippen LogP contribution in [0.4, 0.5) is 17.1 Å². The van der Waals surface area contributed by atoms with Crippen LogP contribution in [0.15, 0.2) is 54.6 Å². The molecule has 0 unspecified atom stereocenters. The van der Waals surface area contributed by atoms with E-state index in [0.717, 1.165) is 55.7 Å². The number of nitro benzene ring substituents is 3. The van der Waals surface area contributed by atoms with Crippen LogP contribution in [0.2, 0.25) is 0 Å². The molecule has 18 nitrogen and oxygen atoms in total. The van der Waals surface area contributed by atoms with Gasteiger partial charge in [-0.1, -0.05) is 40.0 Å². The van der Waals surface area contributed by atoms with E-state index in [1.807, 2.05) is 20.8 Å². The average Bonchev–Trinajstić information content (AvgIpc) is 3.16. The van der Waals surface area contributed by atoms with Crippen LogP contribution in [0.3, 0.4) is 0 Å². The van der Waals surface area contributed by atoms with Crippen molar-refractivity contribution >= 4 is 34.8 Å². The van der Waals surface area contributed by atoms with Gasteiger partial charge in [0.2, 0.25) is 0 Å². The number of non-ortho nitro benzene ring substituents is 3. The summed E-state index contributed by atoms with van der Waals surface area (Å²) in [7, 11) is 0. The normalized spacial score (nSPS) is 10.7. The summed E-state index contributed by atoms with van der Waals surface area (Å²) in [6.07, 6.45) is 4.56. The SMILES string of the molecule is CCCCNC(=O)COc1ccc([N+](=O)[O-])cc1C(c1cc([N+](=O)[O-])ccc1OCC(=O)NCCCC)c1cc([N+](=O)[O-])ccc1OCC(=O)NCCCC. The molecule has 0 saturated carbocycles. The highest BCUT2D eigenvalue weighted by molar-refractivity contribution is 5.78. The third kappa shape index (κ3) is 13.2. The predicted molar refractivity (Wildman–Crippen MR) is 200 cm³/mol. The van der Waals surface area contributed by atoms with E-state index in [1.54, 1.807) is 0 Å². The molecule has 0 heterocycles. The molecule has 0 fully saturated rings. The highest BCUT2D eigenvalue weighted by Crippen LogP contribution is 2.47. The van der Waals surface area contributed by atoms with Crippen molar-refractivity contribution < 1.29 is 43.4 Å². The van der Waals surface area contributed by atoms with Crippen LogP contribution in [0.5, 0.6) is 17.2 Å². The van der Waals surface area contributed by atoms with Crippen molar-refractivity contribution in [1.82, 2.24) is 16.0 Å². The van der Waals surface area contributed by atoms with E-state index in [1.165, 1.54) is 18.2 Å². The molecule has 3 aromatic rings. The van der Waals surface area contributed by atoms with Gasteiger partial charge in [0.15, 0.2) is 19.8 Å². The minimum absolute atomic E-state index is 0.0638. The van der Waals surface area contributed by atoms with E-state index in [-0.39, 0.29) is 33.9 Å². The highest BCUT2D eigenvalue weighted by Gasteiger charge is 2.32. The Morgan fingerprint density at radius 1 is 0.527 bits per heavy atom. The zero-order valence-electron chi connectivity index (χ0n) is 31.0. The molecule has 296 valence electrons. The van der Waals surface area contributed by atoms with E-state index in [4.69, 9.17) is 14.2 Å². The number of benzene rings is 3. The van der Waals surface area contributed by atoms with Gasteiger partial charge in [-0.25, -0.2) is 0 Å². The van der Waals surface area contributed by atoms with Crippen LogP contribution >= 0.6 is 0 Å². The van der Waals surface area contributed by atoms with Crippen LogP contribution < -0.4 is 30.2 Å². The van der Waals surface area contributed by atoms with Gasteiger partial charge in [-0.3, -0.25) is 44.7 Å². The van der Waals surface area contributed by atoms with Gasteiger partial charge in [-0.05, 0) is 37.5 Å². The zero-order chi connectivity index (χ0) is 40.3. The van der Waals surface area contributed by atoms with Crippen molar-refractivity contribution in [3.05, 3.63) is 102 Å². The predicted octanol–water partition coefficient (Wildman–Crippen LogP) is 5.48. The number of unbranched alkanes of at least 4 members (excludes halogenated alkanes) is 3. The summed E-state index contributed by atoms with van der Waals surface area (Å²) in [6.45, 7) is 5.35. The minimum atomic E-state index is -1.45. The molecule has 0 spiro atoms. The fraction of sp³-hybridized carbons (Fsp3) is 0.432. The summed E-state index contributed by atoms with van der Waals surface area (Å²) in [5, 5.41) is 44.6. The lowest BCUT2D eigenvalue weighted by Gasteiger charge is -2.25. The van der Waals surface area contributed by atoms with Gasteiger partial charge in [0, 0.05) is 78.6 Å². The third-order valence-corrected chi connectivity index (χ3v) is 8.18. The Kier molecular flexibility index (Phi) is 17.2. The molecule has 3 aromatic carbocycles. The van der Waals surface area contributed by atoms with Crippen LogP contribution in [-0.4, -0.2) is 71.9 Å². The molecule has 0 aromatic heterocycles. The Morgan fingerprint density at radius 3 is 1.04 bits per heavy atom. The second-order valence-corrected chi connectivity index (χ2v) is 12.3. The van der Waals surface area contributed by atoms with Crippen LogP contribution in [-0.2, 0) is 14.4 Å². The molecule has 0 bridgehead atoms. The zero-order valence-corrected chi connectivity index (χ0v) is 31.0. The number of hydrogen-bond acceptors (Lipinski definition) is 12. The Bertz CT molecular complexity index is 1630. The number of rotatable bonds is 24. The molecular weight excluding hydrogens is 720 g/mol. The molecule has 0 radical (unpaired) electrons. The van der Waals surface area contributed by atoms with Crippen molar-refractivity contribution in [2.45, 2.75) is 65.2 Å². The fourth-order valence-corrected chi connectivity index (χ4v) is 5.32. The summed E-state index contributed by atoms with van der Waals surface area (Å²) >= 11 is 0. The average molecular weight is 767 g/mol. The van der Waals surface area contributed by atoms with Gasteiger partial charge in [-0.2, -0.15) is 0 Å². The van der Waals surface area contributed by atoms with E-state index in [9.17, 15) is 44.7 Å². The molecular formula is C37H46N6O12. The number of carbonyl (C=O) groups excluding carboxylic acids is 3. The standard InChI is InChI=1S/C37H46N6O12/c1-4-7-16-38-34(44)22-53-31-13-10-25(41(47)48)19-28(31)37(29-20-26(42(49)50)11-14-32(29)54-23-35(45)39-17-8-5-2)30-21-27(43(51)52)12-15-33(30)55-24-36(46)40-18-9-6-3/h10-15,19-21,37H,4-9,16-18,22-24H2,1-3H3,(H,38,44)(H,39,45)(H,40,46). The maximum Gasteiger partial charge on any atom is 0.270 e. The first-order valence-corrected chi connectivity index (χ1v) is 17.9. The van der Waals surface area contributed by atoms with Gasteiger partial charge in [0.1, 0.15) is 17.2 Å². The molecule has 55 heavy (non-hydrogen) atoms. The number of ether oxygens (including phenoxy) is 3. The second kappa shape index (κ2) is 22.0. The van der Waals surface area contributed by atoms with Gasteiger partial charge < -0.3 is 30.2 Å². The Morgan fingerprint density at radius 2 is 0.800 bits per heavy atom. The number of hydrogen-bond donors (Lipinski definition) is 3. The van der Waals surface area contributed by atoms with Gasteiger partial charge in [0.25, 0.3) is 34.8 Å². The van der Waals surface area contributed by atoms with Crippen LogP contribution in [0.25, 0.3) is 0 Å². The first-order valence-electron chi connectivity index (χ1n) is 17.9. The molecule has 0 aliphatic carbocycles. The Balaban J connectivity index is 2.34. The lowest BCUT2D eigenvalue weighted by Crippen LogP contribution is -2.30. The summed E-state index contributed by atoms with van der Waals surface area (Å²) < 4.78 is 17.8. The van der Waals surface area contributed by atoms with E-state index in [2.05, 4.69) is 16.0 Å².